The topological polar surface area (TPSA) is 70.8 Å². The summed E-state index contributed by atoms with van der Waals surface area (Å²) in [4.78, 5) is 24.6. The van der Waals surface area contributed by atoms with Crippen LogP contribution in [0, 0.1) is 18.8 Å². The number of rotatable bonds is 2. The number of carboxylic acids is 1. The molecule has 3 rings (SSSR count). The molecule has 1 aliphatic rings. The van der Waals surface area contributed by atoms with Gasteiger partial charge in [-0.1, -0.05) is 18.2 Å². The van der Waals surface area contributed by atoms with Crippen LogP contribution in [0.3, 0.4) is 0 Å². The molecule has 25 heavy (non-hydrogen) atoms. The van der Waals surface area contributed by atoms with Crippen LogP contribution in [0.4, 0.5) is 13.2 Å². The highest BCUT2D eigenvalue weighted by atomic mass is 35.5. The maximum absolute atomic E-state index is 13.0. The number of furan rings is 1. The third-order valence-electron chi connectivity index (χ3n) is 4.38. The summed E-state index contributed by atoms with van der Waals surface area (Å²) >= 11 is 0. The zero-order chi connectivity index (χ0) is 17.6. The number of likely N-dealkylation sites (tertiary alicyclic amines) is 1. The van der Waals surface area contributed by atoms with Crippen molar-refractivity contribution in [1.29, 1.82) is 0 Å². The van der Waals surface area contributed by atoms with Crippen molar-refractivity contribution in [3.8, 4) is 0 Å². The summed E-state index contributed by atoms with van der Waals surface area (Å²) in [5.41, 5.74) is 0.984. The first-order valence-corrected chi connectivity index (χ1v) is 7.27. The number of benzene rings is 1. The second kappa shape index (κ2) is 6.59. The number of aryl methyl sites for hydroxylation is 1. The molecule has 9 heteroatoms. The third-order valence-corrected chi connectivity index (χ3v) is 4.38. The highest BCUT2D eigenvalue weighted by molar-refractivity contribution is 5.99. The van der Waals surface area contributed by atoms with Gasteiger partial charge in [0.2, 0.25) is 0 Å². The number of para-hydroxylation sites is 1. The molecule has 1 amide bonds. The molecule has 0 radical (unpaired) electrons. The van der Waals surface area contributed by atoms with Gasteiger partial charge in [-0.05, 0) is 13.0 Å². The highest BCUT2D eigenvalue weighted by Gasteiger charge is 2.53. The zero-order valence-corrected chi connectivity index (χ0v) is 13.9. The molecule has 1 aromatic carbocycles. The quantitative estimate of drug-likeness (QED) is 0.869. The van der Waals surface area contributed by atoms with E-state index in [1.54, 1.807) is 31.2 Å². The van der Waals surface area contributed by atoms with E-state index in [0.717, 1.165) is 4.90 Å². The summed E-state index contributed by atoms with van der Waals surface area (Å²) in [7, 11) is 0. The Labute approximate surface area is 146 Å². The normalized spacial score (nSPS) is 20.6. The Kier molecular flexibility index (Phi) is 5.04. The van der Waals surface area contributed by atoms with E-state index in [9.17, 15) is 22.8 Å². The van der Waals surface area contributed by atoms with Crippen LogP contribution >= 0.6 is 12.4 Å². The van der Waals surface area contributed by atoms with Crippen molar-refractivity contribution in [2.45, 2.75) is 13.1 Å². The van der Waals surface area contributed by atoms with E-state index in [1.807, 2.05) is 0 Å². The van der Waals surface area contributed by atoms with Crippen LogP contribution in [0.15, 0.2) is 28.7 Å². The third kappa shape index (κ3) is 3.30. The molecule has 0 unspecified atom stereocenters. The van der Waals surface area contributed by atoms with E-state index < -0.39 is 43.0 Å². The van der Waals surface area contributed by atoms with Crippen LogP contribution in [0.5, 0.6) is 0 Å². The lowest BCUT2D eigenvalue weighted by molar-refractivity contribution is -0.187. The van der Waals surface area contributed by atoms with Gasteiger partial charge >= 0.3 is 12.1 Å². The van der Waals surface area contributed by atoms with Gasteiger partial charge in [-0.2, -0.15) is 13.2 Å². The Morgan fingerprint density at radius 2 is 1.88 bits per heavy atom. The minimum absolute atomic E-state index is 0. The molecular formula is C16H15ClF3NO4. The van der Waals surface area contributed by atoms with Gasteiger partial charge in [0.05, 0.1) is 11.8 Å². The summed E-state index contributed by atoms with van der Waals surface area (Å²) in [5.74, 6) is -6.08. The van der Waals surface area contributed by atoms with E-state index in [1.165, 1.54) is 0 Å². The molecule has 0 aliphatic carbocycles. The first kappa shape index (κ1) is 19.1. The molecule has 0 saturated carbocycles. The number of alkyl halides is 3. The number of amides is 1. The Bertz CT molecular complexity index is 817. The Hall–Kier alpha value is -2.22. The molecule has 0 bridgehead atoms. The van der Waals surface area contributed by atoms with Crippen molar-refractivity contribution in [3.05, 3.63) is 35.6 Å². The molecule has 1 N–H and O–H groups in total. The van der Waals surface area contributed by atoms with E-state index in [0.29, 0.717) is 16.5 Å². The van der Waals surface area contributed by atoms with Crippen molar-refractivity contribution in [1.82, 2.24) is 4.90 Å². The fourth-order valence-corrected chi connectivity index (χ4v) is 3.07. The highest BCUT2D eigenvalue weighted by Crippen LogP contribution is 2.38. The molecule has 1 aliphatic heterocycles. The number of aliphatic carboxylic acids is 1. The van der Waals surface area contributed by atoms with Gasteiger partial charge < -0.3 is 14.4 Å². The molecule has 1 aromatic heterocycles. The number of carboxylic acid groups (broad SMARTS) is 1. The monoisotopic (exact) mass is 377 g/mol. The number of hydrogen-bond donors (Lipinski definition) is 1. The lowest BCUT2D eigenvalue weighted by atomic mass is 9.96. The van der Waals surface area contributed by atoms with Gasteiger partial charge in [-0.25, -0.2) is 0 Å². The van der Waals surface area contributed by atoms with Gasteiger partial charge in [0.15, 0.2) is 5.76 Å². The average Bonchev–Trinajstić information content (AvgIpc) is 3.09. The summed E-state index contributed by atoms with van der Waals surface area (Å²) < 4.78 is 44.6. The number of carbonyl (C=O) groups is 2. The van der Waals surface area contributed by atoms with Crippen LogP contribution in [0.1, 0.15) is 16.1 Å². The summed E-state index contributed by atoms with van der Waals surface area (Å²) in [6.45, 7) is 0.468. The molecule has 2 heterocycles. The first-order valence-electron chi connectivity index (χ1n) is 7.27. The largest absolute Gasteiger partial charge is 0.481 e. The standard InChI is InChI=1S/C16H14F3NO4.ClH/c1-8-9-4-2-3-5-12(9)24-13(8)14(21)20-6-10(15(22)23)11(7-20)16(17,18)19;/h2-5,10-11H,6-7H2,1H3,(H,22,23);1H/t10-,11-;/m1./s1. The van der Waals surface area contributed by atoms with E-state index in [-0.39, 0.29) is 18.2 Å². The fraction of sp³-hybridized carbons (Fsp3) is 0.375. The van der Waals surface area contributed by atoms with Gasteiger partial charge in [-0.3, -0.25) is 9.59 Å². The second-order valence-electron chi connectivity index (χ2n) is 5.86. The Morgan fingerprint density at radius 3 is 2.40 bits per heavy atom. The Morgan fingerprint density at radius 1 is 1.24 bits per heavy atom. The van der Waals surface area contributed by atoms with Crippen molar-refractivity contribution in [2.24, 2.45) is 11.8 Å². The number of nitrogens with zero attached hydrogens (tertiary/aromatic N) is 1. The van der Waals surface area contributed by atoms with Crippen molar-refractivity contribution < 1.29 is 32.3 Å². The minimum atomic E-state index is -4.68. The number of halogens is 4. The molecule has 1 saturated heterocycles. The second-order valence-corrected chi connectivity index (χ2v) is 5.86. The van der Waals surface area contributed by atoms with Crippen LogP contribution < -0.4 is 0 Å². The lowest BCUT2D eigenvalue weighted by Gasteiger charge is -2.18. The van der Waals surface area contributed by atoms with Gasteiger partial charge in [0.1, 0.15) is 5.58 Å². The number of hydrogen-bond acceptors (Lipinski definition) is 3. The number of carbonyl (C=O) groups excluding carboxylic acids is 1. The predicted molar refractivity (Wildman–Crippen MR) is 84.8 cm³/mol. The Balaban J connectivity index is 0.00000225. The predicted octanol–water partition coefficient (Wildman–Crippen LogP) is 3.50. The smallest absolute Gasteiger partial charge is 0.394 e. The lowest BCUT2D eigenvalue weighted by Crippen LogP contribution is -2.34. The van der Waals surface area contributed by atoms with Crippen LogP contribution in [0.2, 0.25) is 0 Å². The molecule has 2 aromatic rings. The van der Waals surface area contributed by atoms with Gasteiger partial charge in [0, 0.05) is 24.0 Å². The molecular weight excluding hydrogens is 363 g/mol. The van der Waals surface area contributed by atoms with Crippen LogP contribution in [0.25, 0.3) is 11.0 Å². The zero-order valence-electron chi connectivity index (χ0n) is 13.0. The fourth-order valence-electron chi connectivity index (χ4n) is 3.07. The summed E-state index contributed by atoms with van der Waals surface area (Å²) in [5, 5.41) is 9.72. The molecule has 136 valence electrons. The number of fused-ring (bicyclic) bond motifs is 1. The van der Waals surface area contributed by atoms with Crippen molar-refractivity contribution in [2.75, 3.05) is 13.1 Å². The maximum Gasteiger partial charge on any atom is 0.394 e. The summed E-state index contributed by atoms with van der Waals surface area (Å²) in [6, 6.07) is 6.87. The summed E-state index contributed by atoms with van der Waals surface area (Å²) in [6.07, 6.45) is -4.68. The molecule has 0 spiro atoms. The van der Waals surface area contributed by atoms with E-state index in [2.05, 4.69) is 0 Å². The average molecular weight is 378 g/mol. The van der Waals surface area contributed by atoms with Crippen molar-refractivity contribution >= 4 is 35.3 Å². The van der Waals surface area contributed by atoms with E-state index >= 15 is 0 Å². The SMILES string of the molecule is Cc1c(C(=O)N2C[C@@H](C(F)(F)F)[C@H](C(=O)O)C2)oc2ccccc12.Cl. The maximum atomic E-state index is 13.0. The minimum Gasteiger partial charge on any atom is -0.481 e. The molecule has 2 atom stereocenters. The van der Waals surface area contributed by atoms with E-state index in [4.69, 9.17) is 9.52 Å². The first-order chi connectivity index (χ1) is 11.2. The van der Waals surface area contributed by atoms with Crippen molar-refractivity contribution in [3.63, 3.8) is 0 Å². The molecule has 1 fully saturated rings. The molecule has 5 nitrogen and oxygen atoms in total. The van der Waals surface area contributed by atoms with Gasteiger partial charge in [-0.15, -0.1) is 12.4 Å². The van der Waals surface area contributed by atoms with Crippen LogP contribution in [-0.4, -0.2) is 41.1 Å². The van der Waals surface area contributed by atoms with Crippen LogP contribution in [-0.2, 0) is 4.79 Å². The van der Waals surface area contributed by atoms with Gasteiger partial charge in [0.25, 0.3) is 5.91 Å².